The van der Waals surface area contributed by atoms with Crippen LogP contribution in [0.1, 0.15) is 59.4 Å². The third-order valence-corrected chi connectivity index (χ3v) is 13.4. The number of rotatable bonds is 10. The van der Waals surface area contributed by atoms with E-state index in [-0.39, 0.29) is 41.5 Å². The van der Waals surface area contributed by atoms with Crippen molar-refractivity contribution in [1.82, 2.24) is 0 Å². The van der Waals surface area contributed by atoms with Gasteiger partial charge in [-0.2, -0.15) is 0 Å². The fraction of sp³-hybridized carbons (Fsp3) is 0.457. The molecule has 0 bridgehead atoms. The first-order valence-corrected chi connectivity index (χ1v) is 16.7. The predicted octanol–water partition coefficient (Wildman–Crippen LogP) is 6.52. The van der Waals surface area contributed by atoms with Gasteiger partial charge in [0.15, 0.2) is 0 Å². The highest BCUT2D eigenvalue weighted by Gasteiger charge is 2.50. The summed E-state index contributed by atoms with van der Waals surface area (Å²) in [5.41, 5.74) is 1.06. The molecule has 0 N–H and O–H groups in total. The van der Waals surface area contributed by atoms with Crippen molar-refractivity contribution in [3.63, 3.8) is 0 Å². The van der Waals surface area contributed by atoms with E-state index in [4.69, 9.17) is 18.6 Å². The molecule has 41 heavy (non-hydrogen) atoms. The first-order chi connectivity index (χ1) is 19.6. The van der Waals surface area contributed by atoms with Crippen molar-refractivity contribution in [2.45, 2.75) is 77.7 Å². The average Bonchev–Trinajstić information content (AvgIpc) is 2.97. The number of cyclic esters (lactones) is 1. The molecule has 0 saturated carbocycles. The van der Waals surface area contributed by atoms with Gasteiger partial charge in [-0.05, 0) is 51.9 Å². The van der Waals surface area contributed by atoms with E-state index in [0.717, 1.165) is 24.2 Å². The second-order valence-electron chi connectivity index (χ2n) is 12.4. The van der Waals surface area contributed by atoms with Crippen LogP contribution in [-0.4, -0.2) is 40.2 Å². The van der Waals surface area contributed by atoms with Crippen LogP contribution in [0.25, 0.3) is 0 Å². The van der Waals surface area contributed by atoms with Crippen LogP contribution >= 0.6 is 0 Å². The maximum atomic E-state index is 13.1. The highest BCUT2D eigenvalue weighted by Crippen LogP contribution is 2.37. The molecule has 0 radical (unpaired) electrons. The van der Waals surface area contributed by atoms with Crippen molar-refractivity contribution >= 4 is 24.7 Å². The molecule has 6 heteroatoms. The summed E-state index contributed by atoms with van der Waals surface area (Å²) in [6, 6.07) is 29.2. The minimum Gasteiger partial charge on any atom is -0.497 e. The van der Waals surface area contributed by atoms with Crippen molar-refractivity contribution in [3.05, 3.63) is 90.5 Å². The van der Waals surface area contributed by atoms with E-state index in [2.05, 4.69) is 95.3 Å². The number of carbonyl (C=O) groups excluding carboxylic acids is 1. The summed E-state index contributed by atoms with van der Waals surface area (Å²) in [6.45, 7) is 12.2. The van der Waals surface area contributed by atoms with E-state index >= 15 is 0 Å². The molecular formula is C35H46O5Si. The third-order valence-electron chi connectivity index (χ3n) is 8.43. The monoisotopic (exact) mass is 574 g/mol. The number of hydrogen-bond donors (Lipinski definition) is 0. The van der Waals surface area contributed by atoms with Gasteiger partial charge in [0.05, 0.1) is 26.2 Å². The Bertz CT molecular complexity index is 1180. The van der Waals surface area contributed by atoms with Gasteiger partial charge in [0, 0.05) is 12.5 Å². The summed E-state index contributed by atoms with van der Waals surface area (Å²) in [5.74, 6) is 0.923. The number of hydrogen-bond acceptors (Lipinski definition) is 5. The van der Waals surface area contributed by atoms with E-state index in [9.17, 15) is 4.79 Å². The molecule has 1 aliphatic rings. The van der Waals surface area contributed by atoms with Crippen molar-refractivity contribution in [2.24, 2.45) is 11.8 Å². The van der Waals surface area contributed by atoms with E-state index in [1.165, 1.54) is 10.4 Å². The van der Waals surface area contributed by atoms with Crippen LogP contribution in [-0.2, 0) is 25.3 Å². The zero-order chi connectivity index (χ0) is 29.5. The van der Waals surface area contributed by atoms with E-state index in [0.29, 0.717) is 13.2 Å². The second-order valence-corrected chi connectivity index (χ2v) is 16.7. The molecule has 3 aromatic carbocycles. The zero-order valence-electron chi connectivity index (χ0n) is 25.5. The van der Waals surface area contributed by atoms with Gasteiger partial charge in [-0.3, -0.25) is 4.79 Å². The average molecular weight is 575 g/mol. The Balaban J connectivity index is 1.44. The molecule has 4 atom stereocenters. The molecule has 1 saturated heterocycles. The highest BCUT2D eigenvalue weighted by atomic mass is 28.4. The normalized spacial score (nSPS) is 20.9. The Hall–Kier alpha value is -2.93. The number of ether oxygens (including phenoxy) is 3. The van der Waals surface area contributed by atoms with Crippen LogP contribution < -0.4 is 15.1 Å². The van der Waals surface area contributed by atoms with Crippen LogP contribution in [0.2, 0.25) is 5.04 Å². The van der Waals surface area contributed by atoms with Gasteiger partial charge in [-0.15, -0.1) is 0 Å². The summed E-state index contributed by atoms with van der Waals surface area (Å²) < 4.78 is 24.7. The first kappa shape index (κ1) is 31.0. The van der Waals surface area contributed by atoms with Crippen molar-refractivity contribution in [1.29, 1.82) is 0 Å². The molecular weight excluding hydrogens is 528 g/mol. The molecule has 0 aromatic heterocycles. The van der Waals surface area contributed by atoms with Crippen LogP contribution in [0, 0.1) is 11.8 Å². The molecule has 220 valence electrons. The lowest BCUT2D eigenvalue weighted by atomic mass is 9.90. The molecule has 0 amide bonds. The molecule has 1 aliphatic heterocycles. The molecule has 0 spiro atoms. The molecule has 5 nitrogen and oxygen atoms in total. The lowest BCUT2D eigenvalue weighted by Gasteiger charge is -2.44. The Labute approximate surface area is 247 Å². The fourth-order valence-corrected chi connectivity index (χ4v) is 10.6. The maximum absolute atomic E-state index is 13.1. The molecule has 3 aromatic rings. The summed E-state index contributed by atoms with van der Waals surface area (Å²) >= 11 is 0. The third kappa shape index (κ3) is 7.48. The van der Waals surface area contributed by atoms with E-state index in [1.807, 2.05) is 24.3 Å². The van der Waals surface area contributed by atoms with Crippen molar-refractivity contribution < 1.29 is 23.4 Å². The molecule has 1 fully saturated rings. The van der Waals surface area contributed by atoms with Crippen molar-refractivity contribution in [2.75, 3.05) is 13.7 Å². The molecule has 1 heterocycles. The topological polar surface area (TPSA) is 54.0 Å². The molecule has 0 aliphatic carbocycles. The molecule has 4 rings (SSSR count). The largest absolute Gasteiger partial charge is 0.497 e. The smallest absolute Gasteiger partial charge is 0.308 e. The Morgan fingerprint density at radius 1 is 0.902 bits per heavy atom. The number of esters is 1. The second kappa shape index (κ2) is 13.8. The van der Waals surface area contributed by atoms with Gasteiger partial charge in [0.2, 0.25) is 0 Å². The summed E-state index contributed by atoms with van der Waals surface area (Å²) in [5, 5.41) is 2.41. The Morgan fingerprint density at radius 3 is 2.02 bits per heavy atom. The standard InChI is InChI=1S/C35H46O5Si/c1-26-17-22-32(40-34(36)23-33(26)38-25-28-18-20-29(37-6)21-19-28)27(2)24-39-41(35(3,4)5,30-13-9-7-10-14-30)31-15-11-8-12-16-31/h7-16,18-21,26-27,32-33H,17,22-25H2,1-6H3/t26-,27+,32-,33-/m0/s1. The van der Waals surface area contributed by atoms with Gasteiger partial charge >= 0.3 is 5.97 Å². The van der Waals surface area contributed by atoms with Crippen LogP contribution in [0.5, 0.6) is 5.75 Å². The number of methoxy groups -OCH3 is 1. The summed E-state index contributed by atoms with van der Waals surface area (Å²) in [4.78, 5) is 13.1. The molecule has 0 unspecified atom stereocenters. The van der Waals surface area contributed by atoms with E-state index < -0.39 is 8.32 Å². The number of benzene rings is 3. The summed E-state index contributed by atoms with van der Waals surface area (Å²) in [6.07, 6.45) is 1.62. The number of carbonyl (C=O) groups is 1. The highest BCUT2D eigenvalue weighted by molar-refractivity contribution is 6.99. The Morgan fingerprint density at radius 2 is 1.49 bits per heavy atom. The minimum atomic E-state index is -2.66. The van der Waals surface area contributed by atoms with Crippen molar-refractivity contribution in [3.8, 4) is 5.75 Å². The van der Waals surface area contributed by atoms with E-state index in [1.54, 1.807) is 7.11 Å². The predicted molar refractivity (Wildman–Crippen MR) is 167 cm³/mol. The van der Waals surface area contributed by atoms with Gasteiger partial charge in [0.1, 0.15) is 11.9 Å². The lowest BCUT2D eigenvalue weighted by Crippen LogP contribution is -2.67. The lowest BCUT2D eigenvalue weighted by molar-refractivity contribution is -0.160. The maximum Gasteiger partial charge on any atom is 0.308 e. The van der Waals surface area contributed by atoms with Gasteiger partial charge < -0.3 is 18.6 Å². The minimum absolute atomic E-state index is 0.0598. The van der Waals surface area contributed by atoms with Gasteiger partial charge in [0.25, 0.3) is 8.32 Å². The van der Waals surface area contributed by atoms with Gasteiger partial charge in [-0.25, -0.2) is 0 Å². The Kier molecular flexibility index (Phi) is 10.5. The first-order valence-electron chi connectivity index (χ1n) is 14.8. The van der Waals surface area contributed by atoms with Crippen LogP contribution in [0.3, 0.4) is 0 Å². The zero-order valence-corrected chi connectivity index (χ0v) is 26.5. The van der Waals surface area contributed by atoms with Gasteiger partial charge in [-0.1, -0.05) is 107 Å². The fourth-order valence-electron chi connectivity index (χ4n) is 5.93. The SMILES string of the molecule is COc1ccc(CO[C@H]2CC(=O)O[C@H]([C@H](C)CO[Si](c3ccccc3)(c3ccccc3)C(C)(C)C)CC[C@@H]2C)cc1. The van der Waals surface area contributed by atoms with Crippen LogP contribution in [0.15, 0.2) is 84.9 Å². The van der Waals surface area contributed by atoms with Crippen LogP contribution in [0.4, 0.5) is 0 Å². The quantitative estimate of drug-likeness (QED) is 0.204. The summed E-state index contributed by atoms with van der Waals surface area (Å²) in [7, 11) is -1.00.